The molecule has 94 valence electrons. The predicted octanol–water partition coefficient (Wildman–Crippen LogP) is 4.41. The lowest BCUT2D eigenvalue weighted by Gasteiger charge is -2.08. The molecule has 0 spiro atoms. The third-order valence-corrected chi connectivity index (χ3v) is 2.90. The average Bonchev–Trinajstić information content (AvgIpc) is 2.37. The SMILES string of the molecule is CCCNc1cccc(Nc2cccc(Br)c2)n1. The number of rotatable bonds is 5. The minimum atomic E-state index is 0.842. The second-order valence-electron chi connectivity index (χ2n) is 3.97. The number of aromatic nitrogens is 1. The zero-order valence-corrected chi connectivity index (χ0v) is 11.9. The summed E-state index contributed by atoms with van der Waals surface area (Å²) in [6.45, 7) is 3.07. The Morgan fingerprint density at radius 2 is 1.89 bits per heavy atom. The van der Waals surface area contributed by atoms with Crippen LogP contribution in [0.1, 0.15) is 13.3 Å². The molecular weight excluding hydrogens is 290 g/mol. The molecule has 18 heavy (non-hydrogen) atoms. The number of nitrogens with zero attached hydrogens (tertiary/aromatic N) is 1. The van der Waals surface area contributed by atoms with E-state index in [1.165, 1.54) is 0 Å². The van der Waals surface area contributed by atoms with Crippen LogP contribution in [0.25, 0.3) is 0 Å². The quantitative estimate of drug-likeness (QED) is 0.859. The van der Waals surface area contributed by atoms with E-state index in [-0.39, 0.29) is 0 Å². The summed E-state index contributed by atoms with van der Waals surface area (Å²) in [7, 11) is 0. The Morgan fingerprint density at radius 3 is 2.67 bits per heavy atom. The first kappa shape index (κ1) is 12.9. The van der Waals surface area contributed by atoms with E-state index in [1.807, 2.05) is 42.5 Å². The first-order valence-electron chi connectivity index (χ1n) is 6.01. The molecule has 1 aromatic heterocycles. The van der Waals surface area contributed by atoms with Crippen LogP contribution in [0.15, 0.2) is 46.9 Å². The molecule has 0 fully saturated rings. The number of anilines is 3. The van der Waals surface area contributed by atoms with Crippen molar-refractivity contribution in [1.82, 2.24) is 4.98 Å². The standard InChI is InChI=1S/C14H16BrN3/c1-2-9-16-13-7-4-8-14(18-13)17-12-6-3-5-11(15)10-12/h3-8,10H,2,9H2,1H3,(H2,16,17,18). The van der Waals surface area contributed by atoms with Gasteiger partial charge in [-0.2, -0.15) is 0 Å². The lowest BCUT2D eigenvalue weighted by Crippen LogP contribution is -2.03. The van der Waals surface area contributed by atoms with Gasteiger partial charge in [0.15, 0.2) is 0 Å². The van der Waals surface area contributed by atoms with Crippen molar-refractivity contribution >= 4 is 33.3 Å². The fourth-order valence-corrected chi connectivity index (χ4v) is 1.97. The van der Waals surface area contributed by atoms with Crippen LogP contribution in [-0.2, 0) is 0 Å². The highest BCUT2D eigenvalue weighted by molar-refractivity contribution is 9.10. The van der Waals surface area contributed by atoms with Crippen molar-refractivity contribution in [3.8, 4) is 0 Å². The lowest BCUT2D eigenvalue weighted by molar-refractivity contribution is 0.970. The van der Waals surface area contributed by atoms with Gasteiger partial charge in [0, 0.05) is 16.7 Å². The van der Waals surface area contributed by atoms with E-state index >= 15 is 0 Å². The Labute approximate surface area is 116 Å². The molecule has 0 bridgehead atoms. The Balaban J connectivity index is 2.09. The molecule has 0 unspecified atom stereocenters. The van der Waals surface area contributed by atoms with E-state index in [0.29, 0.717) is 0 Å². The molecule has 0 radical (unpaired) electrons. The van der Waals surface area contributed by atoms with Crippen LogP contribution in [0.2, 0.25) is 0 Å². The van der Waals surface area contributed by atoms with Crippen LogP contribution in [0.5, 0.6) is 0 Å². The van der Waals surface area contributed by atoms with Crippen molar-refractivity contribution < 1.29 is 0 Å². The largest absolute Gasteiger partial charge is 0.370 e. The lowest BCUT2D eigenvalue weighted by atomic mass is 10.3. The van der Waals surface area contributed by atoms with Crippen molar-refractivity contribution in [2.75, 3.05) is 17.2 Å². The van der Waals surface area contributed by atoms with Gasteiger partial charge < -0.3 is 10.6 Å². The molecule has 0 amide bonds. The van der Waals surface area contributed by atoms with Crippen LogP contribution < -0.4 is 10.6 Å². The molecule has 1 aromatic carbocycles. The summed E-state index contributed by atoms with van der Waals surface area (Å²) >= 11 is 3.45. The Kier molecular flexibility index (Phi) is 4.59. The van der Waals surface area contributed by atoms with Crippen molar-refractivity contribution in [1.29, 1.82) is 0 Å². The molecule has 0 aliphatic rings. The van der Waals surface area contributed by atoms with Gasteiger partial charge in [0.2, 0.25) is 0 Å². The number of pyridine rings is 1. The third-order valence-electron chi connectivity index (χ3n) is 2.40. The number of halogens is 1. The van der Waals surface area contributed by atoms with Crippen LogP contribution >= 0.6 is 15.9 Å². The molecule has 1 heterocycles. The first-order chi connectivity index (χ1) is 8.78. The molecule has 0 aliphatic carbocycles. The van der Waals surface area contributed by atoms with Crippen molar-refractivity contribution in [3.63, 3.8) is 0 Å². The van der Waals surface area contributed by atoms with Crippen molar-refractivity contribution in [2.45, 2.75) is 13.3 Å². The van der Waals surface area contributed by atoms with E-state index in [0.717, 1.165) is 34.8 Å². The molecular formula is C14H16BrN3. The van der Waals surface area contributed by atoms with Crippen LogP contribution in [0, 0.1) is 0 Å². The normalized spacial score (nSPS) is 10.1. The molecule has 0 aliphatic heterocycles. The highest BCUT2D eigenvalue weighted by atomic mass is 79.9. The smallest absolute Gasteiger partial charge is 0.132 e. The van der Waals surface area contributed by atoms with E-state index in [9.17, 15) is 0 Å². The van der Waals surface area contributed by atoms with Crippen molar-refractivity contribution in [2.24, 2.45) is 0 Å². The number of benzene rings is 1. The van der Waals surface area contributed by atoms with Gasteiger partial charge in [-0.3, -0.25) is 0 Å². The summed E-state index contributed by atoms with van der Waals surface area (Å²) < 4.78 is 1.05. The molecule has 2 aromatic rings. The average molecular weight is 306 g/mol. The van der Waals surface area contributed by atoms with Gasteiger partial charge in [0.05, 0.1) is 0 Å². The maximum absolute atomic E-state index is 4.50. The van der Waals surface area contributed by atoms with E-state index < -0.39 is 0 Å². The highest BCUT2D eigenvalue weighted by Gasteiger charge is 1.98. The third kappa shape index (κ3) is 3.74. The van der Waals surface area contributed by atoms with Crippen LogP contribution in [0.3, 0.4) is 0 Å². The Bertz CT molecular complexity index is 514. The van der Waals surface area contributed by atoms with Gasteiger partial charge in [-0.1, -0.05) is 35.0 Å². The molecule has 0 saturated carbocycles. The molecule has 0 atom stereocenters. The summed E-state index contributed by atoms with van der Waals surface area (Å²) in [5.41, 5.74) is 1.02. The maximum Gasteiger partial charge on any atom is 0.132 e. The molecule has 4 heteroatoms. The summed E-state index contributed by atoms with van der Waals surface area (Å²) in [5.74, 6) is 1.74. The summed E-state index contributed by atoms with van der Waals surface area (Å²) in [5, 5.41) is 6.55. The van der Waals surface area contributed by atoms with Gasteiger partial charge in [0.1, 0.15) is 11.6 Å². The molecule has 0 saturated heterocycles. The number of nitrogens with one attached hydrogen (secondary N) is 2. The van der Waals surface area contributed by atoms with Gasteiger partial charge in [-0.25, -0.2) is 4.98 Å². The van der Waals surface area contributed by atoms with E-state index in [1.54, 1.807) is 0 Å². The van der Waals surface area contributed by atoms with Crippen LogP contribution in [-0.4, -0.2) is 11.5 Å². The minimum absolute atomic E-state index is 0.842. The summed E-state index contributed by atoms with van der Waals surface area (Å²) in [4.78, 5) is 4.50. The predicted molar refractivity (Wildman–Crippen MR) is 80.4 cm³/mol. The monoisotopic (exact) mass is 305 g/mol. The van der Waals surface area contributed by atoms with Gasteiger partial charge >= 0.3 is 0 Å². The fourth-order valence-electron chi connectivity index (χ4n) is 1.57. The van der Waals surface area contributed by atoms with Gasteiger partial charge in [-0.15, -0.1) is 0 Å². The second-order valence-corrected chi connectivity index (χ2v) is 4.89. The fraction of sp³-hybridized carbons (Fsp3) is 0.214. The molecule has 2 N–H and O–H groups in total. The number of hydrogen-bond donors (Lipinski definition) is 2. The zero-order valence-electron chi connectivity index (χ0n) is 10.3. The molecule has 2 rings (SSSR count). The molecule has 3 nitrogen and oxygen atoms in total. The van der Waals surface area contributed by atoms with Gasteiger partial charge in [-0.05, 0) is 36.8 Å². The topological polar surface area (TPSA) is 37.0 Å². The first-order valence-corrected chi connectivity index (χ1v) is 6.81. The second kappa shape index (κ2) is 6.40. The van der Waals surface area contributed by atoms with Gasteiger partial charge in [0.25, 0.3) is 0 Å². The Hall–Kier alpha value is -1.55. The Morgan fingerprint density at radius 1 is 1.11 bits per heavy atom. The highest BCUT2D eigenvalue weighted by Crippen LogP contribution is 2.20. The maximum atomic E-state index is 4.50. The number of hydrogen-bond acceptors (Lipinski definition) is 3. The minimum Gasteiger partial charge on any atom is -0.370 e. The zero-order chi connectivity index (χ0) is 12.8. The summed E-state index contributed by atoms with van der Waals surface area (Å²) in [6, 6.07) is 13.9. The van der Waals surface area contributed by atoms with E-state index in [2.05, 4.69) is 38.5 Å². The van der Waals surface area contributed by atoms with Crippen LogP contribution in [0.4, 0.5) is 17.3 Å². The van der Waals surface area contributed by atoms with Crippen molar-refractivity contribution in [3.05, 3.63) is 46.9 Å². The summed E-state index contributed by atoms with van der Waals surface area (Å²) in [6.07, 6.45) is 1.09. The van der Waals surface area contributed by atoms with E-state index in [4.69, 9.17) is 0 Å².